The monoisotopic (exact) mass is 232 g/mol. The van der Waals surface area contributed by atoms with E-state index in [-0.39, 0.29) is 23.4 Å². The van der Waals surface area contributed by atoms with Gasteiger partial charge in [-0.25, -0.2) is 14.0 Å². The van der Waals surface area contributed by atoms with E-state index < -0.39 is 11.8 Å². The highest BCUT2D eigenvalue weighted by Gasteiger charge is 2.13. The van der Waals surface area contributed by atoms with E-state index in [0.29, 0.717) is 5.52 Å². The fourth-order valence-electron chi connectivity index (χ4n) is 1.56. The Balaban J connectivity index is 2.54. The van der Waals surface area contributed by atoms with E-state index in [4.69, 9.17) is 11.3 Å². The molecule has 0 atom stereocenters. The molecule has 0 aliphatic carbocycles. The van der Waals surface area contributed by atoms with Gasteiger partial charge in [-0.05, 0) is 25.1 Å². The van der Waals surface area contributed by atoms with Gasteiger partial charge in [0.05, 0.1) is 13.2 Å². The van der Waals surface area contributed by atoms with Crippen LogP contribution in [-0.4, -0.2) is 17.6 Å². The van der Waals surface area contributed by atoms with Crippen LogP contribution in [0, 0.1) is 12.4 Å². The predicted molar refractivity (Wildman–Crippen MR) is 60.5 cm³/mol. The summed E-state index contributed by atoms with van der Waals surface area (Å²) in [6.07, 6.45) is 0. The number of benzene rings is 1. The first-order valence-corrected chi connectivity index (χ1v) is 5.02. The van der Waals surface area contributed by atoms with E-state index in [1.54, 1.807) is 6.92 Å². The van der Waals surface area contributed by atoms with Crippen LogP contribution in [0.15, 0.2) is 18.2 Å². The fourth-order valence-corrected chi connectivity index (χ4v) is 1.56. The number of carbonyl (C=O) groups excluding carboxylic acids is 1. The molecule has 1 heterocycles. The zero-order valence-electron chi connectivity index (χ0n) is 9.08. The number of H-pyrrole nitrogens is 1. The molecule has 0 aliphatic heterocycles. The lowest BCUT2D eigenvalue weighted by molar-refractivity contribution is 0.0520. The number of fused-ring (bicyclic) bond motifs is 1. The van der Waals surface area contributed by atoms with Crippen molar-refractivity contribution in [2.45, 2.75) is 6.92 Å². The topological polar surface area (TPSA) is 46.5 Å². The number of rotatable bonds is 2. The molecule has 0 saturated carbocycles. The summed E-state index contributed by atoms with van der Waals surface area (Å²) in [6.45, 7) is 8.77. The second kappa shape index (κ2) is 4.26. The molecule has 5 heteroatoms. The highest BCUT2D eigenvalue weighted by atomic mass is 19.1. The SMILES string of the molecule is [C-]#[N+]c1cc(F)c2cc(C(=O)OCC)[nH]c2c1. The molecule has 2 rings (SSSR count). The van der Waals surface area contributed by atoms with Gasteiger partial charge >= 0.3 is 5.97 Å². The third-order valence-electron chi connectivity index (χ3n) is 2.30. The number of carbonyl (C=O) groups is 1. The molecule has 0 amide bonds. The smallest absolute Gasteiger partial charge is 0.354 e. The number of nitrogens with zero attached hydrogens (tertiary/aromatic N) is 1. The maximum Gasteiger partial charge on any atom is 0.354 e. The average Bonchev–Trinajstić information content (AvgIpc) is 2.73. The summed E-state index contributed by atoms with van der Waals surface area (Å²) in [5.41, 5.74) is 0.786. The Bertz CT molecular complexity index is 625. The predicted octanol–water partition coefficient (Wildman–Crippen LogP) is 3.03. The average molecular weight is 232 g/mol. The van der Waals surface area contributed by atoms with Crippen LogP contribution in [0.4, 0.5) is 10.1 Å². The summed E-state index contributed by atoms with van der Waals surface area (Å²) >= 11 is 0. The van der Waals surface area contributed by atoms with Crippen LogP contribution in [0.5, 0.6) is 0 Å². The number of esters is 1. The van der Waals surface area contributed by atoms with Gasteiger partial charge in [0, 0.05) is 10.9 Å². The molecule has 1 N–H and O–H groups in total. The van der Waals surface area contributed by atoms with Gasteiger partial charge in [0.1, 0.15) is 11.5 Å². The van der Waals surface area contributed by atoms with Gasteiger partial charge in [-0.3, -0.25) is 0 Å². The van der Waals surface area contributed by atoms with Crippen LogP contribution in [0.3, 0.4) is 0 Å². The molecule has 17 heavy (non-hydrogen) atoms. The van der Waals surface area contributed by atoms with Crippen LogP contribution in [-0.2, 0) is 4.74 Å². The molecule has 0 saturated heterocycles. The highest BCUT2D eigenvalue weighted by Crippen LogP contribution is 2.25. The third-order valence-corrected chi connectivity index (χ3v) is 2.30. The second-order valence-electron chi connectivity index (χ2n) is 3.40. The first-order valence-electron chi connectivity index (χ1n) is 5.02. The van der Waals surface area contributed by atoms with Crippen molar-refractivity contribution in [3.63, 3.8) is 0 Å². The molecule has 0 fully saturated rings. The standard InChI is InChI=1S/C12H9FN2O2/c1-3-17-12(16)11-6-8-9(13)4-7(14-2)5-10(8)15-11/h4-6,15H,3H2,1H3. The normalized spacial score (nSPS) is 10.2. The van der Waals surface area contributed by atoms with Crippen molar-refractivity contribution in [2.75, 3.05) is 6.61 Å². The Morgan fingerprint density at radius 3 is 2.94 bits per heavy atom. The summed E-state index contributed by atoms with van der Waals surface area (Å²) in [5.74, 6) is -1.06. The molecule has 0 spiro atoms. The fraction of sp³-hybridized carbons (Fsp3) is 0.167. The summed E-state index contributed by atoms with van der Waals surface area (Å²) in [7, 11) is 0. The number of nitrogens with one attached hydrogen (secondary N) is 1. The van der Waals surface area contributed by atoms with Gasteiger partial charge < -0.3 is 9.72 Å². The summed E-state index contributed by atoms with van der Waals surface area (Å²) in [5, 5.41) is 0.278. The van der Waals surface area contributed by atoms with Crippen LogP contribution >= 0.6 is 0 Å². The zero-order chi connectivity index (χ0) is 12.4. The third kappa shape index (κ3) is 1.97. The highest BCUT2D eigenvalue weighted by molar-refractivity contribution is 5.95. The van der Waals surface area contributed by atoms with E-state index in [2.05, 4.69) is 9.83 Å². The van der Waals surface area contributed by atoms with Crippen LogP contribution in [0.1, 0.15) is 17.4 Å². The second-order valence-corrected chi connectivity index (χ2v) is 3.40. The number of hydrogen-bond donors (Lipinski definition) is 1. The molecular formula is C12H9FN2O2. The van der Waals surface area contributed by atoms with Crippen molar-refractivity contribution in [3.8, 4) is 0 Å². The van der Waals surface area contributed by atoms with E-state index in [1.165, 1.54) is 12.1 Å². The molecule has 1 aromatic heterocycles. The molecule has 2 aromatic rings. The van der Waals surface area contributed by atoms with Gasteiger partial charge in [-0.15, -0.1) is 0 Å². The maximum atomic E-state index is 13.6. The lowest BCUT2D eigenvalue weighted by Crippen LogP contribution is -2.04. The number of halogens is 1. The van der Waals surface area contributed by atoms with E-state index >= 15 is 0 Å². The Morgan fingerprint density at radius 2 is 2.29 bits per heavy atom. The van der Waals surface area contributed by atoms with Crippen molar-refractivity contribution in [2.24, 2.45) is 0 Å². The summed E-state index contributed by atoms with van der Waals surface area (Å²) in [6, 6.07) is 4.02. The number of hydrogen-bond acceptors (Lipinski definition) is 2. The minimum absolute atomic E-state index is 0.183. The Labute approximate surface area is 96.8 Å². The van der Waals surface area contributed by atoms with E-state index in [1.807, 2.05) is 0 Å². The lowest BCUT2D eigenvalue weighted by Gasteiger charge is -1.96. The number of aromatic nitrogens is 1. The van der Waals surface area contributed by atoms with Crippen molar-refractivity contribution in [3.05, 3.63) is 41.1 Å². The van der Waals surface area contributed by atoms with Gasteiger partial charge in [-0.2, -0.15) is 0 Å². The Kier molecular flexibility index (Phi) is 2.79. The van der Waals surface area contributed by atoms with Gasteiger partial charge in [0.2, 0.25) is 0 Å². The summed E-state index contributed by atoms with van der Waals surface area (Å²) < 4.78 is 18.4. The van der Waals surface area contributed by atoms with Crippen molar-refractivity contribution in [1.29, 1.82) is 0 Å². The van der Waals surface area contributed by atoms with Crippen molar-refractivity contribution in [1.82, 2.24) is 4.98 Å². The lowest BCUT2D eigenvalue weighted by atomic mass is 10.2. The molecular weight excluding hydrogens is 223 g/mol. The largest absolute Gasteiger partial charge is 0.461 e. The van der Waals surface area contributed by atoms with Crippen LogP contribution in [0.25, 0.3) is 15.7 Å². The quantitative estimate of drug-likeness (QED) is 0.639. The van der Waals surface area contributed by atoms with Gasteiger partial charge in [-0.1, -0.05) is 0 Å². The molecule has 86 valence electrons. The van der Waals surface area contributed by atoms with E-state index in [0.717, 1.165) is 6.07 Å². The number of ether oxygens (including phenoxy) is 1. The van der Waals surface area contributed by atoms with E-state index in [9.17, 15) is 9.18 Å². The first kappa shape index (κ1) is 11.1. The summed E-state index contributed by atoms with van der Waals surface area (Å²) in [4.78, 5) is 17.3. The Hall–Kier alpha value is -2.35. The molecule has 0 aliphatic rings. The van der Waals surface area contributed by atoms with Crippen LogP contribution in [0.2, 0.25) is 0 Å². The molecule has 1 aromatic carbocycles. The maximum absolute atomic E-state index is 13.6. The first-order chi connectivity index (χ1) is 8.15. The minimum atomic E-state index is -0.535. The van der Waals surface area contributed by atoms with Gasteiger partial charge in [0.25, 0.3) is 0 Å². The molecule has 0 radical (unpaired) electrons. The zero-order valence-corrected chi connectivity index (χ0v) is 9.08. The van der Waals surface area contributed by atoms with Crippen LogP contribution < -0.4 is 0 Å². The molecule has 4 nitrogen and oxygen atoms in total. The van der Waals surface area contributed by atoms with Crippen molar-refractivity contribution < 1.29 is 13.9 Å². The van der Waals surface area contributed by atoms with Crippen molar-refractivity contribution >= 4 is 22.6 Å². The minimum Gasteiger partial charge on any atom is -0.461 e. The molecule has 0 unspecified atom stereocenters. The molecule has 0 bridgehead atoms. The number of aromatic amines is 1. The Morgan fingerprint density at radius 1 is 1.53 bits per heavy atom. The van der Waals surface area contributed by atoms with Gasteiger partial charge in [0.15, 0.2) is 5.69 Å².